The number of para-hydroxylation sites is 2. The van der Waals surface area contributed by atoms with Crippen LogP contribution in [0.1, 0.15) is 96.4 Å². The number of fused-ring (bicyclic) bond motifs is 8. The van der Waals surface area contributed by atoms with Gasteiger partial charge in [-0.2, -0.15) is 4.57 Å². The summed E-state index contributed by atoms with van der Waals surface area (Å²) in [6.45, 7) is 16.9. The lowest BCUT2D eigenvalue weighted by atomic mass is 9.61. The quantitative estimate of drug-likeness (QED) is 0.185. The molecule has 5 aromatic rings. The average molecular weight is 554 g/mol. The van der Waals surface area contributed by atoms with Crippen molar-refractivity contribution in [2.24, 2.45) is 0 Å². The second-order valence-corrected chi connectivity index (χ2v) is 13.6. The maximum absolute atomic E-state index is 2.71. The van der Waals surface area contributed by atoms with E-state index in [0.717, 1.165) is 19.3 Å². The number of unbranched alkanes of at least 4 members (excludes halogenated alkanes) is 1. The molecular weight excluding hydrogens is 508 g/mol. The summed E-state index contributed by atoms with van der Waals surface area (Å²) in [5.74, 6) is 1.31. The van der Waals surface area contributed by atoms with Gasteiger partial charge in [-0.15, -0.1) is 0 Å². The van der Waals surface area contributed by atoms with E-state index in [1.54, 1.807) is 0 Å². The highest BCUT2D eigenvalue weighted by molar-refractivity contribution is 5.88. The second-order valence-electron chi connectivity index (χ2n) is 13.6. The van der Waals surface area contributed by atoms with Gasteiger partial charge in [0.2, 0.25) is 0 Å². The Morgan fingerprint density at radius 3 is 2.19 bits per heavy atom. The largest absolute Gasteiger partial charge is 0.295 e. The molecule has 2 unspecified atom stereocenters. The van der Waals surface area contributed by atoms with E-state index in [1.807, 2.05) is 0 Å². The van der Waals surface area contributed by atoms with Crippen LogP contribution in [0.5, 0.6) is 0 Å². The molecule has 1 aromatic heterocycles. The fourth-order valence-corrected chi connectivity index (χ4v) is 8.59. The van der Waals surface area contributed by atoms with Crippen molar-refractivity contribution in [1.29, 1.82) is 0 Å². The van der Waals surface area contributed by atoms with Crippen LogP contribution in [0.4, 0.5) is 0 Å². The summed E-state index contributed by atoms with van der Waals surface area (Å²) in [5.41, 5.74) is 13.7. The highest BCUT2D eigenvalue weighted by atomic mass is 15.2. The smallest absolute Gasteiger partial charge is 0.216 e. The zero-order valence-corrected chi connectivity index (χ0v) is 26.5. The third-order valence-electron chi connectivity index (χ3n) is 11.4. The molecule has 0 saturated heterocycles. The van der Waals surface area contributed by atoms with E-state index in [2.05, 4.69) is 143 Å². The summed E-state index contributed by atoms with van der Waals surface area (Å²) in [6, 6.07) is 32.6. The maximum Gasteiger partial charge on any atom is 0.295 e. The van der Waals surface area contributed by atoms with E-state index in [9.17, 15) is 0 Å². The number of imidazole rings is 1. The molecule has 2 heteroatoms. The van der Waals surface area contributed by atoms with Crippen LogP contribution in [0.3, 0.4) is 0 Å². The number of hydrogen-bond acceptors (Lipinski definition) is 0. The minimum Gasteiger partial charge on any atom is -0.216 e. The second kappa shape index (κ2) is 9.43. The fourth-order valence-electron chi connectivity index (χ4n) is 8.59. The summed E-state index contributed by atoms with van der Waals surface area (Å²) in [5, 5.41) is 0. The van der Waals surface area contributed by atoms with Crippen molar-refractivity contribution in [2.45, 2.75) is 96.9 Å². The van der Waals surface area contributed by atoms with Gasteiger partial charge in [0.1, 0.15) is 11.2 Å². The van der Waals surface area contributed by atoms with Crippen molar-refractivity contribution in [1.82, 2.24) is 4.57 Å². The molecule has 1 aliphatic carbocycles. The summed E-state index contributed by atoms with van der Waals surface area (Å²) < 4.78 is 5.33. The average Bonchev–Trinajstić information content (AvgIpc) is 3.48. The highest BCUT2D eigenvalue weighted by Crippen LogP contribution is 2.54. The molecule has 4 aromatic carbocycles. The summed E-state index contributed by atoms with van der Waals surface area (Å²) in [6.07, 6.45) is 5.76. The summed E-state index contributed by atoms with van der Waals surface area (Å²) >= 11 is 0. The molecule has 0 saturated carbocycles. The standard InChI is InChI=1S/C40H45N2/c1-8-11-17-27-24-25-28-29-19-16-23-35(36(29)38(4,5)32(28)26-27)41-33-21-14-15-22-34(33)42-37(41)30-18-12-13-20-31(30)39(6,9-2)40(42,7)10-3/h12-16,18-26H,8-11,17H2,1-7H3/q+1. The molecule has 1 aliphatic heterocycles. The highest BCUT2D eigenvalue weighted by Gasteiger charge is 2.56. The van der Waals surface area contributed by atoms with Gasteiger partial charge in [-0.1, -0.05) is 109 Å². The van der Waals surface area contributed by atoms with Crippen molar-refractivity contribution in [3.8, 4) is 28.2 Å². The molecule has 0 fully saturated rings. The van der Waals surface area contributed by atoms with Crippen LogP contribution in [0.2, 0.25) is 0 Å². The number of nitrogens with zero attached hydrogens (tertiary/aromatic N) is 2. The Labute approximate surface area is 252 Å². The molecule has 2 aliphatic rings. The van der Waals surface area contributed by atoms with Crippen LogP contribution >= 0.6 is 0 Å². The lowest BCUT2D eigenvalue weighted by Gasteiger charge is -2.47. The van der Waals surface area contributed by atoms with E-state index < -0.39 is 0 Å². The van der Waals surface area contributed by atoms with Gasteiger partial charge in [0.25, 0.3) is 5.82 Å². The molecule has 42 heavy (non-hydrogen) atoms. The topological polar surface area (TPSA) is 8.81 Å². The number of rotatable bonds is 6. The molecule has 0 N–H and O–H groups in total. The SMILES string of the molecule is CCCCc1ccc2c(c1)C(C)(C)c1c-2cccc1-n1c2[n+](c3ccccc31)C(C)(CC)C(C)(CC)c1ccccc1-2. The zero-order chi connectivity index (χ0) is 29.4. The van der Waals surface area contributed by atoms with Crippen molar-refractivity contribution >= 4 is 11.0 Å². The van der Waals surface area contributed by atoms with E-state index in [-0.39, 0.29) is 16.4 Å². The van der Waals surface area contributed by atoms with Crippen LogP contribution in [0.15, 0.2) is 84.9 Å². The molecule has 214 valence electrons. The van der Waals surface area contributed by atoms with Crippen LogP contribution in [-0.4, -0.2) is 4.57 Å². The Hall–Kier alpha value is -3.65. The molecule has 0 bridgehead atoms. The van der Waals surface area contributed by atoms with Crippen molar-refractivity contribution in [2.75, 3.05) is 0 Å². The fraction of sp³-hybridized carbons (Fsp3) is 0.375. The van der Waals surface area contributed by atoms with Gasteiger partial charge < -0.3 is 0 Å². The van der Waals surface area contributed by atoms with Gasteiger partial charge in [0, 0.05) is 16.4 Å². The van der Waals surface area contributed by atoms with E-state index in [1.165, 1.54) is 74.3 Å². The minimum atomic E-state index is -0.105. The first kappa shape index (κ1) is 27.2. The molecule has 0 radical (unpaired) electrons. The Kier molecular flexibility index (Phi) is 6.11. The van der Waals surface area contributed by atoms with Crippen molar-refractivity contribution in [3.63, 3.8) is 0 Å². The van der Waals surface area contributed by atoms with Gasteiger partial charge in [-0.3, -0.25) is 0 Å². The molecule has 7 rings (SSSR count). The van der Waals surface area contributed by atoms with Crippen LogP contribution in [0, 0.1) is 0 Å². The number of aromatic nitrogens is 2. The van der Waals surface area contributed by atoms with Crippen molar-refractivity contribution in [3.05, 3.63) is 107 Å². The van der Waals surface area contributed by atoms with Crippen LogP contribution in [0.25, 0.3) is 39.2 Å². The summed E-state index contributed by atoms with van der Waals surface area (Å²) in [7, 11) is 0. The number of benzene rings is 4. The summed E-state index contributed by atoms with van der Waals surface area (Å²) in [4.78, 5) is 0. The Morgan fingerprint density at radius 1 is 0.690 bits per heavy atom. The molecule has 2 nitrogen and oxygen atoms in total. The first-order valence-electron chi connectivity index (χ1n) is 16.2. The predicted molar refractivity (Wildman–Crippen MR) is 177 cm³/mol. The molecule has 2 heterocycles. The van der Waals surface area contributed by atoms with Crippen LogP contribution in [-0.2, 0) is 22.8 Å². The predicted octanol–water partition coefficient (Wildman–Crippen LogP) is 10.0. The van der Waals surface area contributed by atoms with E-state index >= 15 is 0 Å². The maximum atomic E-state index is 2.71. The van der Waals surface area contributed by atoms with Gasteiger partial charge >= 0.3 is 0 Å². The molecule has 0 spiro atoms. The van der Waals surface area contributed by atoms with Crippen LogP contribution < -0.4 is 4.57 Å². The first-order chi connectivity index (χ1) is 20.2. The molecule has 2 atom stereocenters. The third-order valence-corrected chi connectivity index (χ3v) is 11.4. The Morgan fingerprint density at radius 2 is 1.43 bits per heavy atom. The monoisotopic (exact) mass is 553 g/mol. The van der Waals surface area contributed by atoms with E-state index in [0.29, 0.717) is 0 Å². The van der Waals surface area contributed by atoms with Gasteiger partial charge in [0.15, 0.2) is 11.0 Å². The number of aryl methyl sites for hydroxylation is 1. The van der Waals surface area contributed by atoms with E-state index in [4.69, 9.17) is 0 Å². The van der Waals surface area contributed by atoms with Gasteiger partial charge in [-0.05, 0) is 84.7 Å². The zero-order valence-electron chi connectivity index (χ0n) is 26.5. The first-order valence-corrected chi connectivity index (χ1v) is 16.2. The third kappa shape index (κ3) is 3.36. The number of hydrogen-bond donors (Lipinski definition) is 0. The lowest BCUT2D eigenvalue weighted by molar-refractivity contribution is -0.743. The van der Waals surface area contributed by atoms with Gasteiger partial charge in [0.05, 0.1) is 5.56 Å². The Balaban J connectivity index is 1.58. The van der Waals surface area contributed by atoms with Gasteiger partial charge in [-0.25, -0.2) is 4.57 Å². The lowest BCUT2D eigenvalue weighted by Crippen LogP contribution is -2.67. The Bertz CT molecular complexity index is 1850. The molecular formula is C40H45N2+. The minimum absolute atomic E-state index is 0.00793. The van der Waals surface area contributed by atoms with Crippen molar-refractivity contribution < 1.29 is 4.57 Å². The molecule has 0 amide bonds. The normalized spacial score (nSPS) is 21.6.